The Morgan fingerprint density at radius 3 is 3.40 bits per heavy atom. The zero-order valence-electron chi connectivity index (χ0n) is 5.09. The molecule has 2 aromatic rings. The van der Waals surface area contributed by atoms with E-state index in [0.29, 0.717) is 5.65 Å². The summed E-state index contributed by atoms with van der Waals surface area (Å²) in [5.74, 6) is 0. The van der Waals surface area contributed by atoms with Crippen molar-refractivity contribution in [3.05, 3.63) is 18.0 Å². The highest BCUT2D eigenvalue weighted by Gasteiger charge is 2.02. The Morgan fingerprint density at radius 1 is 1.70 bits per heavy atom. The van der Waals surface area contributed by atoms with Gasteiger partial charge in [0.15, 0.2) is 5.65 Å². The molecule has 0 bridgehead atoms. The van der Waals surface area contributed by atoms with E-state index in [0.717, 1.165) is 10.9 Å². The lowest BCUT2D eigenvalue weighted by Gasteiger charge is -1.75. The number of nitrogens with one attached hydrogen (secondary N) is 2. The minimum Gasteiger partial charge on any atom is -0.362 e. The van der Waals surface area contributed by atoms with E-state index < -0.39 is 0 Å². The van der Waals surface area contributed by atoms with Crippen molar-refractivity contribution in [2.75, 3.05) is 0 Å². The van der Waals surface area contributed by atoms with Gasteiger partial charge in [0.1, 0.15) is 6.26 Å². The molecule has 0 fully saturated rings. The van der Waals surface area contributed by atoms with Crippen molar-refractivity contribution in [3.63, 3.8) is 0 Å². The van der Waals surface area contributed by atoms with Crippen molar-refractivity contribution in [2.24, 2.45) is 0 Å². The number of fused-ring (bicyclic) bond motifs is 1. The summed E-state index contributed by atoms with van der Waals surface area (Å²) in [6.07, 6.45) is 4.50. The van der Waals surface area contributed by atoms with E-state index in [1.165, 1.54) is 12.5 Å². The highest BCUT2D eigenvalue weighted by atomic mass is 16.5. The van der Waals surface area contributed by atoms with E-state index >= 15 is 0 Å². The van der Waals surface area contributed by atoms with E-state index in [2.05, 4.69) is 14.7 Å². The first-order valence-corrected chi connectivity index (χ1v) is 2.84. The molecule has 0 atom stereocenters. The number of aromatic amines is 1. The topological polar surface area (TPSA) is 65.7 Å². The summed E-state index contributed by atoms with van der Waals surface area (Å²) < 4.78 is 4.66. The van der Waals surface area contributed by atoms with E-state index in [1.807, 2.05) is 0 Å². The van der Waals surface area contributed by atoms with Gasteiger partial charge in [-0.3, -0.25) is 0 Å². The van der Waals surface area contributed by atoms with Crippen LogP contribution >= 0.6 is 0 Å². The van der Waals surface area contributed by atoms with Crippen LogP contribution in [0.5, 0.6) is 0 Å². The van der Waals surface area contributed by atoms with Crippen LogP contribution in [0.4, 0.5) is 0 Å². The minimum atomic E-state index is 0.693. The number of hydrogen-bond acceptors (Lipinski definition) is 3. The van der Waals surface area contributed by atoms with Gasteiger partial charge in [-0.15, -0.1) is 0 Å². The van der Waals surface area contributed by atoms with Gasteiger partial charge in [0, 0.05) is 18.0 Å². The summed E-state index contributed by atoms with van der Waals surface area (Å²) in [5, 5.41) is 11.5. The second-order valence-electron chi connectivity index (χ2n) is 1.97. The third-order valence-corrected chi connectivity index (χ3v) is 1.40. The van der Waals surface area contributed by atoms with Crippen LogP contribution in [0, 0.1) is 5.41 Å². The highest BCUT2D eigenvalue weighted by Crippen LogP contribution is 2.13. The van der Waals surface area contributed by atoms with Crippen LogP contribution in [0.2, 0.25) is 0 Å². The molecule has 0 aliphatic rings. The second kappa shape index (κ2) is 1.70. The molecule has 50 valence electrons. The number of H-pyrrole nitrogens is 1. The summed E-state index contributed by atoms with van der Waals surface area (Å²) in [6, 6.07) is 0. The maximum atomic E-state index is 6.97. The quantitative estimate of drug-likeness (QED) is 0.576. The Hall–Kier alpha value is -1.58. The molecule has 10 heavy (non-hydrogen) atoms. The Balaban J connectivity index is 2.88. The van der Waals surface area contributed by atoms with Crippen LogP contribution in [-0.2, 0) is 0 Å². The van der Waals surface area contributed by atoms with Gasteiger partial charge in [0.25, 0.3) is 0 Å². The van der Waals surface area contributed by atoms with Crippen molar-refractivity contribution < 1.29 is 4.52 Å². The van der Waals surface area contributed by atoms with Crippen LogP contribution in [-0.4, -0.2) is 16.4 Å². The molecule has 0 unspecified atom stereocenters. The van der Waals surface area contributed by atoms with Crippen molar-refractivity contribution >= 4 is 17.2 Å². The van der Waals surface area contributed by atoms with Crippen molar-refractivity contribution in [3.8, 4) is 0 Å². The smallest absolute Gasteiger partial charge is 0.181 e. The summed E-state index contributed by atoms with van der Waals surface area (Å²) in [6.45, 7) is 0. The van der Waals surface area contributed by atoms with E-state index in [9.17, 15) is 0 Å². The average molecular weight is 135 g/mol. The van der Waals surface area contributed by atoms with Gasteiger partial charge in [0.05, 0.1) is 5.39 Å². The Morgan fingerprint density at radius 2 is 2.60 bits per heavy atom. The fourth-order valence-corrected chi connectivity index (χ4v) is 0.889. The van der Waals surface area contributed by atoms with E-state index in [-0.39, 0.29) is 0 Å². The highest BCUT2D eigenvalue weighted by molar-refractivity contribution is 5.95. The molecule has 4 nitrogen and oxygen atoms in total. The Bertz CT molecular complexity index is 360. The molecule has 2 aromatic heterocycles. The lowest BCUT2D eigenvalue weighted by Crippen LogP contribution is -1.69. The number of rotatable bonds is 1. The average Bonchev–Trinajstić information content (AvgIpc) is 2.44. The molecule has 0 saturated heterocycles. The van der Waals surface area contributed by atoms with Crippen LogP contribution in [0.15, 0.2) is 17.0 Å². The zero-order chi connectivity index (χ0) is 6.97. The summed E-state index contributed by atoms with van der Waals surface area (Å²) in [7, 11) is 0. The SMILES string of the molecule is N=Cc1c[nH]c2nocc12. The minimum absolute atomic E-state index is 0.693. The van der Waals surface area contributed by atoms with Crippen molar-refractivity contribution in [2.45, 2.75) is 0 Å². The predicted molar refractivity (Wildman–Crippen MR) is 36.2 cm³/mol. The van der Waals surface area contributed by atoms with Crippen molar-refractivity contribution in [1.82, 2.24) is 10.1 Å². The first kappa shape index (κ1) is 5.22. The first-order valence-electron chi connectivity index (χ1n) is 2.84. The third-order valence-electron chi connectivity index (χ3n) is 1.40. The molecule has 2 heterocycles. The van der Waals surface area contributed by atoms with Crippen LogP contribution in [0.3, 0.4) is 0 Å². The lowest BCUT2D eigenvalue weighted by atomic mass is 10.3. The molecule has 0 radical (unpaired) electrons. The van der Waals surface area contributed by atoms with Gasteiger partial charge in [-0.1, -0.05) is 5.16 Å². The number of nitrogens with zero attached hydrogens (tertiary/aromatic N) is 1. The fraction of sp³-hybridized carbons (Fsp3) is 0. The summed E-state index contributed by atoms with van der Waals surface area (Å²) in [4.78, 5) is 2.86. The molecule has 0 aromatic carbocycles. The maximum Gasteiger partial charge on any atom is 0.181 e. The van der Waals surface area contributed by atoms with Gasteiger partial charge >= 0.3 is 0 Å². The number of hydrogen-bond donors (Lipinski definition) is 2. The van der Waals surface area contributed by atoms with Gasteiger partial charge in [-0.25, -0.2) is 0 Å². The van der Waals surface area contributed by atoms with Crippen LogP contribution < -0.4 is 0 Å². The Kier molecular flexibility index (Phi) is 0.887. The molecule has 0 aliphatic carbocycles. The monoisotopic (exact) mass is 135 g/mol. The van der Waals surface area contributed by atoms with Gasteiger partial charge in [0.2, 0.25) is 0 Å². The Labute approximate surface area is 56.3 Å². The van der Waals surface area contributed by atoms with Crippen molar-refractivity contribution in [1.29, 1.82) is 5.41 Å². The molecule has 0 saturated carbocycles. The normalized spacial score (nSPS) is 10.4. The molecular formula is C6H5N3O. The van der Waals surface area contributed by atoms with Gasteiger partial charge < -0.3 is 14.9 Å². The molecule has 0 amide bonds. The summed E-state index contributed by atoms with van der Waals surface area (Å²) >= 11 is 0. The standard InChI is InChI=1S/C6H5N3O/c7-1-4-2-8-6-5(4)3-10-9-6/h1-3,7H,(H,8,9). The molecule has 2 rings (SSSR count). The molecule has 4 heteroatoms. The van der Waals surface area contributed by atoms with E-state index in [1.54, 1.807) is 6.20 Å². The predicted octanol–water partition coefficient (Wildman–Crippen LogP) is 1.15. The summed E-state index contributed by atoms with van der Waals surface area (Å²) in [5.41, 5.74) is 1.50. The van der Waals surface area contributed by atoms with E-state index in [4.69, 9.17) is 5.41 Å². The first-order chi connectivity index (χ1) is 4.92. The largest absolute Gasteiger partial charge is 0.362 e. The second-order valence-corrected chi connectivity index (χ2v) is 1.97. The fourth-order valence-electron chi connectivity index (χ4n) is 0.889. The zero-order valence-corrected chi connectivity index (χ0v) is 5.09. The molecule has 0 spiro atoms. The maximum absolute atomic E-state index is 6.97. The van der Waals surface area contributed by atoms with Crippen LogP contribution in [0.1, 0.15) is 5.56 Å². The van der Waals surface area contributed by atoms with Gasteiger partial charge in [-0.2, -0.15) is 0 Å². The van der Waals surface area contributed by atoms with Crippen LogP contribution in [0.25, 0.3) is 11.0 Å². The molecule has 0 aliphatic heterocycles. The lowest BCUT2D eigenvalue weighted by molar-refractivity contribution is 0.426. The molecular weight excluding hydrogens is 130 g/mol. The van der Waals surface area contributed by atoms with Gasteiger partial charge in [-0.05, 0) is 0 Å². The molecule has 2 N–H and O–H groups in total. The third kappa shape index (κ3) is 0.500. The number of aromatic nitrogens is 2.